The normalized spacial score (nSPS) is 11.4. The average Bonchev–Trinajstić information content (AvgIpc) is 3.32. The third-order valence-corrected chi connectivity index (χ3v) is 5.01. The highest BCUT2D eigenvalue weighted by Crippen LogP contribution is 2.35. The molecule has 0 saturated carbocycles. The molecule has 0 bridgehead atoms. The first-order chi connectivity index (χ1) is 16.1. The molecule has 0 fully saturated rings. The van der Waals surface area contributed by atoms with Gasteiger partial charge >= 0.3 is 12.1 Å². The van der Waals surface area contributed by atoms with Crippen LogP contribution in [0.25, 0.3) is 10.9 Å². The smallest absolute Gasteiger partial charge is 0.417 e. The van der Waals surface area contributed by atoms with E-state index in [1.165, 1.54) is 30.5 Å². The second-order valence-corrected chi connectivity index (χ2v) is 7.35. The van der Waals surface area contributed by atoms with Crippen molar-refractivity contribution in [2.24, 2.45) is 0 Å². The van der Waals surface area contributed by atoms with Gasteiger partial charge in [-0.2, -0.15) is 13.2 Å². The molecule has 0 aliphatic rings. The van der Waals surface area contributed by atoms with Gasteiger partial charge in [-0.15, -0.1) is 0 Å². The van der Waals surface area contributed by atoms with Crippen LogP contribution in [0, 0.1) is 0 Å². The van der Waals surface area contributed by atoms with Crippen LogP contribution in [0.2, 0.25) is 5.02 Å². The van der Waals surface area contributed by atoms with Crippen molar-refractivity contribution in [1.82, 2.24) is 15.1 Å². The summed E-state index contributed by atoms with van der Waals surface area (Å²) >= 11 is 5.66. The summed E-state index contributed by atoms with van der Waals surface area (Å²) in [6.45, 7) is -0.0799. The monoisotopic (exact) mass is 491 g/mol. The van der Waals surface area contributed by atoms with Crippen molar-refractivity contribution in [3.8, 4) is 0 Å². The number of carboxylic acids is 1. The van der Waals surface area contributed by atoms with Crippen molar-refractivity contribution in [2.45, 2.75) is 12.7 Å². The second kappa shape index (κ2) is 8.98. The standard InChI is InChI=1S/C21H13ClF3N5O4/c22-15-2-1-10(5-14(15)21(23,24)25)8-26-18-12-6-11(30-19(31)16-3-4-29-34-16)7-13(20(32)33)17(12)27-9-28-18/h1-7,9H,8H2,(H,30,31)(H,32,33)(H,26,27,28). The number of carbonyl (C=O) groups is 2. The number of benzene rings is 2. The fourth-order valence-electron chi connectivity index (χ4n) is 3.16. The summed E-state index contributed by atoms with van der Waals surface area (Å²) in [4.78, 5) is 32.2. The Kier molecular flexibility index (Phi) is 6.07. The Balaban J connectivity index is 1.68. The summed E-state index contributed by atoms with van der Waals surface area (Å²) in [7, 11) is 0. The van der Waals surface area contributed by atoms with Crippen molar-refractivity contribution in [3.05, 3.63) is 76.4 Å². The van der Waals surface area contributed by atoms with Gasteiger partial charge in [0.05, 0.1) is 27.9 Å². The fraction of sp³-hybridized carbons (Fsp3) is 0.0952. The average molecular weight is 492 g/mol. The van der Waals surface area contributed by atoms with Crippen LogP contribution in [0.15, 0.2) is 53.4 Å². The summed E-state index contributed by atoms with van der Waals surface area (Å²) in [6.07, 6.45) is -2.23. The van der Waals surface area contributed by atoms with E-state index in [2.05, 4.69) is 25.8 Å². The van der Waals surface area contributed by atoms with Crippen LogP contribution in [0.5, 0.6) is 0 Å². The minimum Gasteiger partial charge on any atom is -0.478 e. The number of anilines is 2. The van der Waals surface area contributed by atoms with Crippen molar-refractivity contribution in [1.29, 1.82) is 0 Å². The molecular formula is C21H13ClF3N5O4. The van der Waals surface area contributed by atoms with E-state index in [0.29, 0.717) is 0 Å². The lowest BCUT2D eigenvalue weighted by atomic mass is 10.1. The summed E-state index contributed by atoms with van der Waals surface area (Å²) in [6, 6.07) is 7.43. The lowest BCUT2D eigenvalue weighted by molar-refractivity contribution is -0.137. The van der Waals surface area contributed by atoms with Crippen LogP contribution in [-0.2, 0) is 12.7 Å². The van der Waals surface area contributed by atoms with Crippen LogP contribution in [0.3, 0.4) is 0 Å². The van der Waals surface area contributed by atoms with Gasteiger partial charge in [0.1, 0.15) is 12.1 Å². The number of aromatic carboxylic acids is 1. The molecule has 0 unspecified atom stereocenters. The number of aromatic nitrogens is 3. The molecular weight excluding hydrogens is 479 g/mol. The van der Waals surface area contributed by atoms with Gasteiger partial charge in [0, 0.05) is 23.7 Å². The Hall–Kier alpha value is -4.19. The zero-order chi connectivity index (χ0) is 24.5. The van der Waals surface area contributed by atoms with Gasteiger partial charge in [0.25, 0.3) is 5.91 Å². The zero-order valence-electron chi connectivity index (χ0n) is 16.9. The van der Waals surface area contributed by atoms with Crippen molar-refractivity contribution >= 4 is 45.9 Å². The number of amides is 1. The molecule has 4 aromatic rings. The Morgan fingerprint density at radius 1 is 1.12 bits per heavy atom. The van der Waals surface area contributed by atoms with E-state index < -0.39 is 28.6 Å². The van der Waals surface area contributed by atoms with Crippen LogP contribution in [-0.4, -0.2) is 32.1 Å². The topological polar surface area (TPSA) is 130 Å². The summed E-state index contributed by atoms with van der Waals surface area (Å²) in [5.41, 5.74) is -0.769. The second-order valence-electron chi connectivity index (χ2n) is 6.94. The first-order valence-corrected chi connectivity index (χ1v) is 9.85. The maximum atomic E-state index is 13.1. The van der Waals surface area contributed by atoms with Crippen LogP contribution < -0.4 is 10.6 Å². The van der Waals surface area contributed by atoms with Crippen LogP contribution in [0.4, 0.5) is 24.7 Å². The van der Waals surface area contributed by atoms with E-state index in [1.54, 1.807) is 0 Å². The first kappa shape index (κ1) is 23.0. The molecule has 4 rings (SSSR count). The number of carboxylic acid groups (broad SMARTS) is 1. The molecule has 13 heteroatoms. The number of nitrogens with zero attached hydrogens (tertiary/aromatic N) is 3. The van der Waals surface area contributed by atoms with Gasteiger partial charge in [0.2, 0.25) is 5.76 Å². The molecule has 9 nitrogen and oxygen atoms in total. The van der Waals surface area contributed by atoms with E-state index in [1.807, 2.05) is 0 Å². The number of alkyl halides is 3. The lowest BCUT2D eigenvalue weighted by Crippen LogP contribution is -2.12. The molecule has 34 heavy (non-hydrogen) atoms. The molecule has 2 aromatic carbocycles. The predicted octanol–water partition coefficient (Wildman–Crippen LogP) is 4.85. The third kappa shape index (κ3) is 4.76. The zero-order valence-corrected chi connectivity index (χ0v) is 17.6. The van der Waals surface area contributed by atoms with E-state index in [4.69, 9.17) is 16.1 Å². The van der Waals surface area contributed by atoms with Gasteiger partial charge in [-0.05, 0) is 29.8 Å². The molecule has 2 aromatic heterocycles. The fourth-order valence-corrected chi connectivity index (χ4v) is 3.38. The van der Waals surface area contributed by atoms with Crippen LogP contribution in [0.1, 0.15) is 32.0 Å². The number of rotatable bonds is 6. The molecule has 0 atom stereocenters. The maximum absolute atomic E-state index is 13.1. The number of hydrogen-bond donors (Lipinski definition) is 3. The minimum atomic E-state index is -4.62. The summed E-state index contributed by atoms with van der Waals surface area (Å²) < 4.78 is 44.2. The largest absolute Gasteiger partial charge is 0.478 e. The Morgan fingerprint density at radius 2 is 1.91 bits per heavy atom. The van der Waals surface area contributed by atoms with E-state index in [-0.39, 0.29) is 45.8 Å². The maximum Gasteiger partial charge on any atom is 0.417 e. The quantitative estimate of drug-likeness (QED) is 0.349. The number of nitrogens with one attached hydrogen (secondary N) is 2. The Bertz CT molecular complexity index is 1390. The molecule has 0 aliphatic heterocycles. The van der Waals surface area contributed by atoms with E-state index in [0.717, 1.165) is 18.5 Å². The Labute approximate surface area is 193 Å². The highest BCUT2D eigenvalue weighted by Gasteiger charge is 2.33. The van der Waals surface area contributed by atoms with Gasteiger partial charge in [0.15, 0.2) is 0 Å². The highest BCUT2D eigenvalue weighted by atomic mass is 35.5. The molecule has 174 valence electrons. The molecule has 0 radical (unpaired) electrons. The molecule has 1 amide bonds. The summed E-state index contributed by atoms with van der Waals surface area (Å²) in [5.74, 6) is -1.92. The van der Waals surface area contributed by atoms with Crippen molar-refractivity contribution in [2.75, 3.05) is 10.6 Å². The molecule has 2 heterocycles. The summed E-state index contributed by atoms with van der Waals surface area (Å²) in [5, 5.41) is 18.2. The number of carbonyl (C=O) groups excluding carboxylic acids is 1. The number of hydrogen-bond acceptors (Lipinski definition) is 7. The SMILES string of the molecule is O=C(Nc1cc(C(=O)O)c2ncnc(NCc3ccc(Cl)c(C(F)(F)F)c3)c2c1)c1ccno1. The van der Waals surface area contributed by atoms with Crippen molar-refractivity contribution in [3.63, 3.8) is 0 Å². The van der Waals surface area contributed by atoms with Gasteiger partial charge in [-0.25, -0.2) is 14.8 Å². The molecule has 0 aliphatic carbocycles. The molecule has 0 spiro atoms. The number of halogens is 4. The van der Waals surface area contributed by atoms with Gasteiger partial charge in [-0.1, -0.05) is 22.8 Å². The third-order valence-electron chi connectivity index (χ3n) is 4.68. The Morgan fingerprint density at radius 3 is 2.59 bits per heavy atom. The minimum absolute atomic E-state index is 0.0646. The molecule has 0 saturated heterocycles. The van der Waals surface area contributed by atoms with E-state index >= 15 is 0 Å². The van der Waals surface area contributed by atoms with Crippen molar-refractivity contribution < 1.29 is 32.4 Å². The van der Waals surface area contributed by atoms with Gasteiger partial charge in [-0.3, -0.25) is 4.79 Å². The highest BCUT2D eigenvalue weighted by molar-refractivity contribution is 6.31. The van der Waals surface area contributed by atoms with Crippen LogP contribution >= 0.6 is 11.6 Å². The molecule has 3 N–H and O–H groups in total. The van der Waals surface area contributed by atoms with Gasteiger partial charge < -0.3 is 20.3 Å². The lowest BCUT2D eigenvalue weighted by Gasteiger charge is -2.14. The van der Waals surface area contributed by atoms with E-state index in [9.17, 15) is 27.9 Å². The predicted molar refractivity (Wildman–Crippen MR) is 115 cm³/mol. The first-order valence-electron chi connectivity index (χ1n) is 9.47. The number of fused-ring (bicyclic) bond motifs is 1.